The molecule has 2 aromatic carbocycles. The van der Waals surface area contributed by atoms with E-state index in [2.05, 4.69) is 29.7 Å². The summed E-state index contributed by atoms with van der Waals surface area (Å²) in [5, 5.41) is 9.33. The van der Waals surface area contributed by atoms with Crippen molar-refractivity contribution >= 4 is 34.1 Å². The molecule has 0 atom stereocenters. The van der Waals surface area contributed by atoms with Crippen molar-refractivity contribution in [1.29, 1.82) is 0 Å². The van der Waals surface area contributed by atoms with Crippen LogP contribution in [-0.4, -0.2) is 30.1 Å². The number of para-hydroxylation sites is 1. The average molecular weight is 518 g/mol. The molecule has 7 nitrogen and oxygen atoms in total. The molecule has 0 unspecified atom stereocenters. The summed E-state index contributed by atoms with van der Waals surface area (Å²) in [5.41, 5.74) is 6.63. The van der Waals surface area contributed by atoms with Crippen molar-refractivity contribution in [1.82, 2.24) is 10.3 Å². The van der Waals surface area contributed by atoms with Crippen molar-refractivity contribution in [3.05, 3.63) is 87.6 Å². The van der Waals surface area contributed by atoms with E-state index in [1.165, 1.54) is 11.3 Å². The van der Waals surface area contributed by atoms with Crippen molar-refractivity contribution in [2.45, 2.75) is 40.5 Å². The van der Waals surface area contributed by atoms with Crippen LogP contribution in [0.15, 0.2) is 76.5 Å². The van der Waals surface area contributed by atoms with E-state index in [0.29, 0.717) is 27.7 Å². The molecule has 8 heteroatoms. The van der Waals surface area contributed by atoms with Crippen molar-refractivity contribution in [3.8, 4) is 11.3 Å². The highest BCUT2D eigenvalue weighted by Crippen LogP contribution is 2.43. The monoisotopic (exact) mass is 517 g/mol. The predicted octanol–water partition coefficient (Wildman–Crippen LogP) is 6.22. The van der Waals surface area contributed by atoms with Crippen molar-refractivity contribution in [3.63, 3.8) is 0 Å². The fourth-order valence-corrected chi connectivity index (χ4v) is 5.28. The number of carbonyl (C=O) groups excluding carboxylic acids is 2. The molecule has 4 rings (SSSR count). The van der Waals surface area contributed by atoms with E-state index in [1.807, 2.05) is 55.6 Å². The predicted molar refractivity (Wildman–Crippen MR) is 147 cm³/mol. The van der Waals surface area contributed by atoms with Crippen LogP contribution in [-0.2, 0) is 19.1 Å². The summed E-state index contributed by atoms with van der Waals surface area (Å²) in [6, 6.07) is 15.7. The third-order valence-electron chi connectivity index (χ3n) is 6.19. The van der Waals surface area contributed by atoms with E-state index < -0.39 is 17.9 Å². The van der Waals surface area contributed by atoms with Crippen LogP contribution in [0.3, 0.4) is 0 Å². The molecular weight excluding hydrogens is 486 g/mol. The highest BCUT2D eigenvalue weighted by atomic mass is 32.1. The maximum absolute atomic E-state index is 13.2. The minimum Gasteiger partial charge on any atom is -0.463 e. The molecule has 0 aliphatic carbocycles. The number of rotatable bonds is 8. The van der Waals surface area contributed by atoms with Crippen LogP contribution in [0.4, 0.5) is 10.8 Å². The Hall–Kier alpha value is -3.91. The quantitative estimate of drug-likeness (QED) is 0.343. The number of aryl methyl sites for hydroxylation is 1. The molecule has 0 bridgehead atoms. The Morgan fingerprint density at radius 1 is 0.919 bits per heavy atom. The molecule has 1 aliphatic heterocycles. The molecule has 37 heavy (non-hydrogen) atoms. The molecule has 0 radical (unpaired) electrons. The van der Waals surface area contributed by atoms with Gasteiger partial charge >= 0.3 is 11.9 Å². The van der Waals surface area contributed by atoms with E-state index in [9.17, 15) is 9.59 Å². The summed E-state index contributed by atoms with van der Waals surface area (Å²) < 4.78 is 10.8. The Morgan fingerprint density at radius 2 is 1.51 bits per heavy atom. The van der Waals surface area contributed by atoms with Gasteiger partial charge in [0.2, 0.25) is 0 Å². The normalized spacial score (nSPS) is 13.9. The van der Waals surface area contributed by atoms with Crippen molar-refractivity contribution in [2.24, 2.45) is 0 Å². The average Bonchev–Trinajstić information content (AvgIpc) is 3.32. The number of nitrogens with one attached hydrogen (secondary N) is 2. The molecule has 0 saturated heterocycles. The van der Waals surface area contributed by atoms with Crippen molar-refractivity contribution < 1.29 is 19.1 Å². The highest BCUT2D eigenvalue weighted by molar-refractivity contribution is 7.14. The topological polar surface area (TPSA) is 89.5 Å². The zero-order chi connectivity index (χ0) is 26.5. The van der Waals surface area contributed by atoms with Gasteiger partial charge in [0, 0.05) is 28.0 Å². The van der Waals surface area contributed by atoms with E-state index in [4.69, 9.17) is 14.5 Å². The number of allylic oxidation sites excluding steroid dienone is 2. The van der Waals surface area contributed by atoms with Gasteiger partial charge in [0.1, 0.15) is 0 Å². The Morgan fingerprint density at radius 3 is 2.14 bits per heavy atom. The smallest absolute Gasteiger partial charge is 0.336 e. The Bertz CT molecular complexity index is 1350. The third-order valence-corrected chi connectivity index (χ3v) is 6.95. The molecule has 192 valence electrons. The second-order valence-electron chi connectivity index (χ2n) is 8.64. The molecule has 1 aliphatic rings. The number of anilines is 2. The maximum atomic E-state index is 13.2. The number of ether oxygens (including phenoxy) is 2. The van der Waals surface area contributed by atoms with Gasteiger partial charge in [0.05, 0.1) is 36.0 Å². The van der Waals surface area contributed by atoms with Gasteiger partial charge in [-0.3, -0.25) is 0 Å². The Balaban J connectivity index is 1.79. The molecule has 0 spiro atoms. The molecule has 0 saturated carbocycles. The summed E-state index contributed by atoms with van der Waals surface area (Å²) in [7, 11) is 0. The number of aromatic nitrogens is 1. The largest absolute Gasteiger partial charge is 0.463 e. The lowest BCUT2D eigenvalue weighted by Crippen LogP contribution is -2.32. The van der Waals surface area contributed by atoms with Gasteiger partial charge in [0.25, 0.3) is 0 Å². The number of nitrogens with zero attached hydrogens (tertiary/aromatic N) is 1. The second-order valence-corrected chi connectivity index (χ2v) is 9.50. The van der Waals surface area contributed by atoms with E-state index in [-0.39, 0.29) is 13.2 Å². The minimum atomic E-state index is -0.682. The number of benzene rings is 2. The van der Waals surface area contributed by atoms with Gasteiger partial charge in [-0.2, -0.15) is 0 Å². The van der Waals surface area contributed by atoms with Crippen LogP contribution in [0.25, 0.3) is 11.3 Å². The number of hydrogen-bond acceptors (Lipinski definition) is 8. The van der Waals surface area contributed by atoms with Crippen LogP contribution in [0.2, 0.25) is 0 Å². The van der Waals surface area contributed by atoms with Crippen LogP contribution in [0.5, 0.6) is 0 Å². The first-order chi connectivity index (χ1) is 17.8. The molecule has 2 heterocycles. The lowest BCUT2D eigenvalue weighted by atomic mass is 9.79. The lowest BCUT2D eigenvalue weighted by Gasteiger charge is -2.31. The van der Waals surface area contributed by atoms with Crippen LogP contribution >= 0.6 is 11.3 Å². The number of hydrogen-bond donors (Lipinski definition) is 2. The number of dihydropyridines is 1. The summed E-state index contributed by atoms with van der Waals surface area (Å²) in [6.45, 7) is 9.66. The molecule has 1 aromatic heterocycles. The van der Waals surface area contributed by atoms with Gasteiger partial charge in [-0.05, 0) is 51.8 Å². The fraction of sp³-hybridized carbons (Fsp3) is 0.276. The lowest BCUT2D eigenvalue weighted by molar-refractivity contribution is -0.139. The number of carbonyl (C=O) groups is 2. The van der Waals surface area contributed by atoms with E-state index in [0.717, 1.165) is 28.1 Å². The number of esters is 2. The third kappa shape index (κ3) is 5.44. The zero-order valence-electron chi connectivity index (χ0n) is 21.7. The van der Waals surface area contributed by atoms with Crippen LogP contribution < -0.4 is 10.6 Å². The molecule has 3 aromatic rings. The van der Waals surface area contributed by atoms with Gasteiger partial charge in [-0.25, -0.2) is 14.6 Å². The summed E-state index contributed by atoms with van der Waals surface area (Å²) in [6.07, 6.45) is 0. The Labute approximate surface area is 221 Å². The zero-order valence-corrected chi connectivity index (χ0v) is 22.5. The van der Waals surface area contributed by atoms with Gasteiger partial charge < -0.3 is 20.1 Å². The van der Waals surface area contributed by atoms with Gasteiger partial charge in [-0.1, -0.05) is 42.5 Å². The van der Waals surface area contributed by atoms with Crippen LogP contribution in [0, 0.1) is 6.92 Å². The molecule has 2 N–H and O–H groups in total. The first-order valence-electron chi connectivity index (χ1n) is 12.3. The van der Waals surface area contributed by atoms with E-state index in [1.54, 1.807) is 13.8 Å². The molecule has 0 amide bonds. The first-order valence-corrected chi connectivity index (χ1v) is 13.1. The standard InChI is InChI=1S/C29H31N3O4S/c1-6-35-27(33)24-18(4)30-19(5)25(28(34)36-7-2)26(24)21-14-10-11-15-22(21)31-29-32-23(16-37-29)20-13-9-8-12-17(20)3/h8-16,26,30H,6-7H2,1-5H3,(H,31,32). The van der Waals surface area contributed by atoms with E-state index >= 15 is 0 Å². The fourth-order valence-electron chi connectivity index (χ4n) is 4.56. The number of thiazole rings is 1. The van der Waals surface area contributed by atoms with Crippen LogP contribution in [0.1, 0.15) is 44.7 Å². The molecule has 0 fully saturated rings. The SMILES string of the molecule is CCOC(=O)C1=C(C)NC(C)=C(C(=O)OCC)C1c1ccccc1Nc1nc(-c2ccccc2C)cs1. The van der Waals surface area contributed by atoms with Crippen molar-refractivity contribution in [2.75, 3.05) is 18.5 Å². The Kier molecular flexibility index (Phi) is 8.08. The second kappa shape index (κ2) is 11.4. The van der Waals surface area contributed by atoms with Gasteiger partial charge in [0.15, 0.2) is 5.13 Å². The summed E-state index contributed by atoms with van der Waals surface area (Å²) >= 11 is 1.49. The first kappa shape index (κ1) is 26.2. The summed E-state index contributed by atoms with van der Waals surface area (Å²) in [5.74, 6) is -1.63. The highest BCUT2D eigenvalue weighted by Gasteiger charge is 2.39. The van der Waals surface area contributed by atoms with Gasteiger partial charge in [-0.15, -0.1) is 11.3 Å². The maximum Gasteiger partial charge on any atom is 0.336 e. The molecular formula is C29H31N3O4S. The minimum absolute atomic E-state index is 0.223. The summed E-state index contributed by atoms with van der Waals surface area (Å²) in [4.78, 5) is 31.1.